The lowest BCUT2D eigenvalue weighted by atomic mass is 10.0. The van der Waals surface area contributed by atoms with Crippen molar-refractivity contribution in [1.29, 1.82) is 0 Å². The SMILES string of the molecule is CON=C(C(=O)c1nnc(-c2ccccc2)o1)C(C)C. The van der Waals surface area contributed by atoms with E-state index in [0.717, 1.165) is 5.56 Å². The highest BCUT2D eigenvalue weighted by molar-refractivity contribution is 6.45. The topological polar surface area (TPSA) is 77.6 Å². The molecular weight excluding hydrogens is 258 g/mol. The summed E-state index contributed by atoms with van der Waals surface area (Å²) in [6, 6.07) is 9.25. The number of oxime groups is 1. The van der Waals surface area contributed by atoms with Crippen LogP contribution in [-0.4, -0.2) is 28.8 Å². The predicted molar refractivity (Wildman–Crippen MR) is 73.3 cm³/mol. The summed E-state index contributed by atoms with van der Waals surface area (Å²) >= 11 is 0. The van der Waals surface area contributed by atoms with Crippen LogP contribution in [0.25, 0.3) is 11.5 Å². The Morgan fingerprint density at radius 3 is 2.55 bits per heavy atom. The number of ketones is 1. The van der Waals surface area contributed by atoms with Crippen molar-refractivity contribution < 1.29 is 14.0 Å². The van der Waals surface area contributed by atoms with E-state index in [1.807, 2.05) is 44.2 Å². The summed E-state index contributed by atoms with van der Waals surface area (Å²) in [6.07, 6.45) is 0. The average Bonchev–Trinajstić information content (AvgIpc) is 2.94. The highest BCUT2D eigenvalue weighted by Gasteiger charge is 2.24. The second-order valence-electron chi connectivity index (χ2n) is 4.42. The van der Waals surface area contributed by atoms with Gasteiger partial charge in [0.1, 0.15) is 12.8 Å². The second kappa shape index (κ2) is 6.10. The molecule has 0 atom stereocenters. The number of Topliss-reactive ketones (excluding diaryl/α,β-unsaturated/α-hetero) is 1. The lowest BCUT2D eigenvalue weighted by Crippen LogP contribution is -2.21. The third-order valence-electron chi connectivity index (χ3n) is 2.61. The molecule has 0 fully saturated rings. The summed E-state index contributed by atoms with van der Waals surface area (Å²) in [5.74, 6) is -0.311. The van der Waals surface area contributed by atoms with Gasteiger partial charge in [-0.15, -0.1) is 10.2 Å². The number of hydrogen-bond donors (Lipinski definition) is 0. The Hall–Kier alpha value is -2.50. The lowest BCUT2D eigenvalue weighted by Gasteiger charge is -2.04. The lowest BCUT2D eigenvalue weighted by molar-refractivity contribution is 0.102. The Balaban J connectivity index is 2.29. The van der Waals surface area contributed by atoms with Crippen LogP contribution in [0.2, 0.25) is 0 Å². The molecule has 20 heavy (non-hydrogen) atoms. The van der Waals surface area contributed by atoms with Crippen LogP contribution < -0.4 is 0 Å². The van der Waals surface area contributed by atoms with Crippen molar-refractivity contribution in [2.24, 2.45) is 11.1 Å². The predicted octanol–water partition coefficient (Wildman–Crippen LogP) is 2.58. The first kappa shape index (κ1) is 13.9. The average molecular weight is 273 g/mol. The molecule has 6 heteroatoms. The fourth-order valence-corrected chi connectivity index (χ4v) is 1.63. The first-order valence-corrected chi connectivity index (χ1v) is 6.18. The maximum absolute atomic E-state index is 12.2. The largest absolute Gasteiger partial charge is 0.413 e. The highest BCUT2D eigenvalue weighted by Crippen LogP contribution is 2.18. The summed E-state index contributed by atoms with van der Waals surface area (Å²) in [4.78, 5) is 16.9. The van der Waals surface area contributed by atoms with Gasteiger partial charge in [0.25, 0.3) is 11.7 Å². The van der Waals surface area contributed by atoms with Crippen LogP contribution in [0.3, 0.4) is 0 Å². The summed E-state index contributed by atoms with van der Waals surface area (Å²) in [6.45, 7) is 3.68. The zero-order valence-corrected chi connectivity index (χ0v) is 11.5. The van der Waals surface area contributed by atoms with E-state index < -0.39 is 5.78 Å². The van der Waals surface area contributed by atoms with E-state index in [1.165, 1.54) is 7.11 Å². The zero-order chi connectivity index (χ0) is 14.5. The van der Waals surface area contributed by atoms with Crippen LogP contribution in [0.15, 0.2) is 39.9 Å². The number of aromatic nitrogens is 2. The molecular formula is C14H15N3O3. The molecule has 0 bridgehead atoms. The van der Waals surface area contributed by atoms with Gasteiger partial charge in [0.15, 0.2) is 0 Å². The van der Waals surface area contributed by atoms with E-state index in [0.29, 0.717) is 5.89 Å². The van der Waals surface area contributed by atoms with Gasteiger partial charge < -0.3 is 9.25 Å². The number of benzene rings is 1. The maximum atomic E-state index is 12.2. The molecule has 0 saturated carbocycles. The Kier molecular flexibility index (Phi) is 4.24. The number of nitrogens with zero attached hydrogens (tertiary/aromatic N) is 3. The molecule has 2 rings (SSSR count). The van der Waals surface area contributed by atoms with Crippen molar-refractivity contribution in [3.8, 4) is 11.5 Å². The van der Waals surface area contributed by atoms with E-state index in [4.69, 9.17) is 4.42 Å². The minimum absolute atomic E-state index is 0.0895. The molecule has 0 N–H and O–H groups in total. The number of rotatable bonds is 5. The van der Waals surface area contributed by atoms with E-state index in [1.54, 1.807) is 0 Å². The normalized spacial score (nSPS) is 11.7. The van der Waals surface area contributed by atoms with Gasteiger partial charge in [0, 0.05) is 11.5 Å². The van der Waals surface area contributed by atoms with E-state index >= 15 is 0 Å². The van der Waals surface area contributed by atoms with Crippen molar-refractivity contribution in [3.63, 3.8) is 0 Å². The van der Waals surface area contributed by atoms with Gasteiger partial charge in [-0.2, -0.15) is 0 Å². The number of carbonyl (C=O) groups is 1. The van der Waals surface area contributed by atoms with Crippen LogP contribution >= 0.6 is 0 Å². The Morgan fingerprint density at radius 1 is 1.25 bits per heavy atom. The molecule has 1 heterocycles. The first-order chi connectivity index (χ1) is 9.63. The Morgan fingerprint density at radius 2 is 1.95 bits per heavy atom. The minimum Gasteiger partial charge on any atom is -0.413 e. The van der Waals surface area contributed by atoms with E-state index in [2.05, 4.69) is 20.2 Å². The zero-order valence-electron chi connectivity index (χ0n) is 11.5. The molecule has 0 aliphatic rings. The summed E-state index contributed by atoms with van der Waals surface area (Å²) in [5, 5.41) is 11.4. The highest BCUT2D eigenvalue weighted by atomic mass is 16.6. The van der Waals surface area contributed by atoms with E-state index in [-0.39, 0.29) is 17.5 Å². The molecule has 0 radical (unpaired) electrons. The van der Waals surface area contributed by atoms with Crippen LogP contribution in [-0.2, 0) is 4.84 Å². The fraction of sp³-hybridized carbons (Fsp3) is 0.286. The monoisotopic (exact) mass is 273 g/mol. The molecule has 0 amide bonds. The quantitative estimate of drug-likeness (QED) is 0.475. The van der Waals surface area contributed by atoms with Gasteiger partial charge >= 0.3 is 0 Å². The van der Waals surface area contributed by atoms with Crippen LogP contribution in [0, 0.1) is 5.92 Å². The minimum atomic E-state index is -0.420. The smallest absolute Gasteiger partial charge is 0.290 e. The van der Waals surface area contributed by atoms with Crippen LogP contribution in [0.1, 0.15) is 24.5 Å². The van der Waals surface area contributed by atoms with E-state index in [9.17, 15) is 4.79 Å². The molecule has 2 aromatic rings. The molecule has 0 saturated heterocycles. The van der Waals surface area contributed by atoms with Crippen molar-refractivity contribution >= 4 is 11.5 Å². The molecule has 1 aromatic heterocycles. The molecule has 0 aliphatic heterocycles. The van der Waals surface area contributed by atoms with Gasteiger partial charge in [-0.3, -0.25) is 4.79 Å². The van der Waals surface area contributed by atoms with Gasteiger partial charge in [-0.1, -0.05) is 37.2 Å². The fourth-order valence-electron chi connectivity index (χ4n) is 1.63. The Bertz CT molecular complexity index is 618. The molecule has 104 valence electrons. The second-order valence-corrected chi connectivity index (χ2v) is 4.42. The summed E-state index contributed by atoms with van der Waals surface area (Å²) < 4.78 is 5.40. The molecule has 1 aromatic carbocycles. The van der Waals surface area contributed by atoms with Gasteiger partial charge in [-0.05, 0) is 12.1 Å². The van der Waals surface area contributed by atoms with Crippen molar-refractivity contribution in [1.82, 2.24) is 10.2 Å². The molecule has 0 unspecified atom stereocenters. The molecule has 6 nitrogen and oxygen atoms in total. The molecule has 0 aliphatic carbocycles. The van der Waals surface area contributed by atoms with Gasteiger partial charge in [0.2, 0.25) is 5.89 Å². The first-order valence-electron chi connectivity index (χ1n) is 6.18. The molecule has 0 spiro atoms. The number of hydrogen-bond acceptors (Lipinski definition) is 6. The third-order valence-corrected chi connectivity index (χ3v) is 2.61. The standard InChI is InChI=1S/C14H15N3O3/c1-9(2)11(17-19-3)12(18)14-16-15-13(20-14)10-7-5-4-6-8-10/h4-9H,1-3H3. The number of carbonyl (C=O) groups excluding carboxylic acids is 1. The maximum Gasteiger partial charge on any atom is 0.290 e. The van der Waals surface area contributed by atoms with Gasteiger partial charge in [-0.25, -0.2) is 0 Å². The third kappa shape index (κ3) is 2.90. The van der Waals surface area contributed by atoms with Crippen LogP contribution in [0.4, 0.5) is 0 Å². The van der Waals surface area contributed by atoms with Crippen molar-refractivity contribution in [2.75, 3.05) is 7.11 Å². The summed E-state index contributed by atoms with van der Waals surface area (Å²) in [7, 11) is 1.39. The Labute approximate surface area is 116 Å². The van der Waals surface area contributed by atoms with Crippen LogP contribution in [0.5, 0.6) is 0 Å². The van der Waals surface area contributed by atoms with Crippen molar-refractivity contribution in [3.05, 3.63) is 36.2 Å². The van der Waals surface area contributed by atoms with Crippen molar-refractivity contribution in [2.45, 2.75) is 13.8 Å². The van der Waals surface area contributed by atoms with Gasteiger partial charge in [0.05, 0.1) is 0 Å². The summed E-state index contributed by atoms with van der Waals surface area (Å²) in [5.41, 5.74) is 1.00.